The molecule has 35 heavy (non-hydrogen) atoms. The van der Waals surface area contributed by atoms with Crippen molar-refractivity contribution in [3.05, 3.63) is 46.9 Å². The van der Waals surface area contributed by atoms with Crippen LogP contribution >= 0.6 is 11.3 Å². The number of rotatable bonds is 7. The van der Waals surface area contributed by atoms with E-state index in [4.69, 9.17) is 15.1 Å². The van der Waals surface area contributed by atoms with Crippen molar-refractivity contribution in [2.75, 3.05) is 18.4 Å². The van der Waals surface area contributed by atoms with Crippen LogP contribution in [-0.4, -0.2) is 42.5 Å². The molecule has 1 aliphatic rings. The van der Waals surface area contributed by atoms with Crippen molar-refractivity contribution in [3.8, 4) is 21.8 Å². The van der Waals surface area contributed by atoms with Crippen LogP contribution in [0.3, 0.4) is 0 Å². The van der Waals surface area contributed by atoms with Gasteiger partial charge in [0.1, 0.15) is 11.1 Å². The maximum Gasteiger partial charge on any atom is 0.223 e. The third kappa shape index (κ3) is 5.53. The van der Waals surface area contributed by atoms with Crippen molar-refractivity contribution in [1.82, 2.24) is 20.3 Å². The van der Waals surface area contributed by atoms with Gasteiger partial charge in [-0.25, -0.2) is 32.9 Å². The molecule has 0 radical (unpaired) electrons. The highest BCUT2D eigenvalue weighted by atomic mass is 32.2. The van der Waals surface area contributed by atoms with Gasteiger partial charge in [0, 0.05) is 35.3 Å². The molecule has 3 heterocycles. The van der Waals surface area contributed by atoms with Crippen molar-refractivity contribution in [1.29, 1.82) is 0 Å². The summed E-state index contributed by atoms with van der Waals surface area (Å²) in [5.41, 5.74) is 1.04. The number of sulfonamides is 1. The molecule has 1 saturated heterocycles. The fourth-order valence-corrected chi connectivity index (χ4v) is 6.23. The van der Waals surface area contributed by atoms with Gasteiger partial charge in [-0.05, 0) is 31.5 Å². The van der Waals surface area contributed by atoms with E-state index in [1.54, 1.807) is 31.3 Å². The molecule has 1 aliphatic heterocycles. The molecule has 0 amide bonds. The summed E-state index contributed by atoms with van der Waals surface area (Å²) in [5.74, 6) is -0.132. The molecule has 0 saturated carbocycles. The number of nitrogens with zero attached hydrogens (tertiary/aromatic N) is 3. The van der Waals surface area contributed by atoms with Crippen LogP contribution in [-0.2, 0) is 15.4 Å². The fraction of sp³-hybridized carbons (Fsp3) is 0.458. The van der Waals surface area contributed by atoms with E-state index in [1.807, 2.05) is 20.8 Å². The van der Waals surface area contributed by atoms with Crippen LogP contribution in [0, 0.1) is 5.82 Å². The van der Waals surface area contributed by atoms with Crippen molar-refractivity contribution in [2.24, 2.45) is 5.14 Å². The summed E-state index contributed by atoms with van der Waals surface area (Å²) in [7, 11) is -3.98. The molecule has 2 atom stereocenters. The highest BCUT2D eigenvalue weighted by Crippen LogP contribution is 2.42. The van der Waals surface area contributed by atoms with Gasteiger partial charge in [0.05, 0.1) is 21.3 Å². The quantitative estimate of drug-likeness (QED) is 0.428. The van der Waals surface area contributed by atoms with Crippen molar-refractivity contribution >= 4 is 27.3 Å². The first kappa shape index (κ1) is 25.6. The van der Waals surface area contributed by atoms with Gasteiger partial charge in [0.2, 0.25) is 16.0 Å². The Hall–Kier alpha value is -2.47. The Labute approximate surface area is 209 Å². The van der Waals surface area contributed by atoms with Crippen LogP contribution < -0.4 is 15.8 Å². The van der Waals surface area contributed by atoms with Crippen LogP contribution in [0.1, 0.15) is 56.4 Å². The maximum atomic E-state index is 15.9. The molecule has 8 nitrogen and oxygen atoms in total. The third-order valence-corrected chi connectivity index (χ3v) is 8.83. The number of benzene rings is 1. The van der Waals surface area contributed by atoms with Crippen molar-refractivity contribution < 1.29 is 12.8 Å². The van der Waals surface area contributed by atoms with E-state index in [1.165, 1.54) is 17.4 Å². The topological polar surface area (TPSA) is 123 Å². The van der Waals surface area contributed by atoms with Gasteiger partial charge in [-0.1, -0.05) is 39.8 Å². The molecule has 0 bridgehead atoms. The second kappa shape index (κ2) is 9.88. The second-order valence-electron chi connectivity index (χ2n) is 9.74. The smallest absolute Gasteiger partial charge is 0.223 e. The summed E-state index contributed by atoms with van der Waals surface area (Å²) < 4.78 is 40.1. The van der Waals surface area contributed by atoms with E-state index < -0.39 is 21.1 Å². The summed E-state index contributed by atoms with van der Waals surface area (Å²) in [6.45, 7) is 9.58. The van der Waals surface area contributed by atoms with E-state index in [-0.39, 0.29) is 29.0 Å². The number of thiazole rings is 1. The normalized spacial score (nSPS) is 17.5. The minimum Gasteiger partial charge on any atom is -0.350 e. The van der Waals surface area contributed by atoms with Gasteiger partial charge >= 0.3 is 0 Å². The number of primary sulfonamides is 1. The average Bonchev–Trinajstić information content (AvgIpc) is 3.45. The number of anilines is 1. The summed E-state index contributed by atoms with van der Waals surface area (Å²) in [4.78, 5) is 14.6. The van der Waals surface area contributed by atoms with Gasteiger partial charge in [-0.2, -0.15) is 0 Å². The predicted molar refractivity (Wildman–Crippen MR) is 138 cm³/mol. The number of hydrogen-bond donors (Lipinski definition) is 3. The molecular weight excluding hydrogens is 487 g/mol. The molecule has 188 valence electrons. The predicted octanol–water partition coefficient (Wildman–Crippen LogP) is 4.22. The summed E-state index contributed by atoms with van der Waals surface area (Å²) in [6.07, 6.45) is 2.82. The lowest BCUT2D eigenvalue weighted by Gasteiger charge is -2.16. The highest BCUT2D eigenvalue weighted by molar-refractivity contribution is 7.89. The monoisotopic (exact) mass is 518 g/mol. The first-order valence-corrected chi connectivity index (χ1v) is 14.0. The third-order valence-electron chi connectivity index (χ3n) is 5.95. The minimum absolute atomic E-state index is 0.0440. The Kier molecular flexibility index (Phi) is 7.23. The maximum absolute atomic E-state index is 15.9. The standard InChI is InChI=1S/C24H31FN6O2S2/c1-5-18(35(26,32)33)15-7-6-8-16(19(15)25)20-21(34-22(31-20)24(2,3)4)17-10-12-28-23(30-17)29-14-9-11-27-13-14/h6-8,10,12,14,18,27H,5,9,11,13H2,1-4H3,(H2,26,32,33)(H,28,29,30). The van der Waals surface area contributed by atoms with Crippen LogP contribution in [0.2, 0.25) is 0 Å². The summed E-state index contributed by atoms with van der Waals surface area (Å²) in [5, 5.41) is 11.7. The van der Waals surface area contributed by atoms with E-state index in [0.717, 1.165) is 24.5 Å². The Morgan fingerprint density at radius 2 is 2.06 bits per heavy atom. The van der Waals surface area contributed by atoms with E-state index in [0.29, 0.717) is 22.2 Å². The number of halogens is 1. The van der Waals surface area contributed by atoms with Crippen molar-refractivity contribution in [2.45, 2.75) is 57.2 Å². The Morgan fingerprint density at radius 1 is 1.29 bits per heavy atom. The van der Waals surface area contributed by atoms with Crippen LogP contribution in [0.25, 0.3) is 21.8 Å². The molecule has 1 fully saturated rings. The largest absolute Gasteiger partial charge is 0.350 e. The fourth-order valence-electron chi connectivity index (χ4n) is 4.12. The van der Waals surface area contributed by atoms with Gasteiger partial charge in [0.25, 0.3) is 0 Å². The van der Waals surface area contributed by atoms with E-state index in [2.05, 4.69) is 15.6 Å². The van der Waals surface area contributed by atoms with Crippen LogP contribution in [0.4, 0.5) is 10.3 Å². The molecule has 11 heteroatoms. The number of nitrogens with one attached hydrogen (secondary N) is 2. The van der Waals surface area contributed by atoms with Gasteiger partial charge in [-0.15, -0.1) is 11.3 Å². The molecule has 2 aromatic heterocycles. The first-order chi connectivity index (χ1) is 16.5. The average molecular weight is 519 g/mol. The molecule has 3 aromatic rings. The summed E-state index contributed by atoms with van der Waals surface area (Å²) >= 11 is 1.45. The zero-order valence-electron chi connectivity index (χ0n) is 20.3. The van der Waals surface area contributed by atoms with Gasteiger partial charge < -0.3 is 10.6 Å². The van der Waals surface area contributed by atoms with Crippen LogP contribution in [0.5, 0.6) is 0 Å². The molecule has 2 unspecified atom stereocenters. The highest BCUT2D eigenvalue weighted by Gasteiger charge is 2.29. The zero-order chi connectivity index (χ0) is 25.4. The number of aromatic nitrogens is 3. The van der Waals surface area contributed by atoms with E-state index in [9.17, 15) is 8.42 Å². The zero-order valence-corrected chi connectivity index (χ0v) is 21.9. The lowest BCUT2D eigenvalue weighted by molar-refractivity contribution is 0.566. The summed E-state index contributed by atoms with van der Waals surface area (Å²) in [6, 6.07) is 6.75. The molecular formula is C24H31FN6O2S2. The second-order valence-corrected chi connectivity index (χ2v) is 12.5. The van der Waals surface area contributed by atoms with Crippen LogP contribution in [0.15, 0.2) is 30.5 Å². The Balaban J connectivity index is 1.84. The van der Waals surface area contributed by atoms with Crippen molar-refractivity contribution in [3.63, 3.8) is 0 Å². The number of hydrogen-bond acceptors (Lipinski definition) is 8. The molecule has 0 spiro atoms. The lowest BCUT2D eigenvalue weighted by Crippen LogP contribution is -2.23. The van der Waals surface area contributed by atoms with Gasteiger partial charge in [-0.3, -0.25) is 0 Å². The minimum atomic E-state index is -3.98. The van der Waals surface area contributed by atoms with E-state index >= 15 is 4.39 Å². The lowest BCUT2D eigenvalue weighted by atomic mass is 9.98. The first-order valence-electron chi connectivity index (χ1n) is 11.6. The SMILES string of the molecule is CCC(c1cccc(-c2nc(C(C)(C)C)sc2-c2ccnc(NC3CCNC3)n2)c1F)S(N)(=O)=O. The Morgan fingerprint density at radius 3 is 2.69 bits per heavy atom. The molecule has 4 N–H and O–H groups in total. The van der Waals surface area contributed by atoms with Gasteiger partial charge in [0.15, 0.2) is 0 Å². The molecule has 0 aliphatic carbocycles. The molecule has 4 rings (SSSR count). The number of nitrogens with two attached hydrogens (primary N) is 1. The Bertz CT molecular complexity index is 1310. The molecule has 1 aromatic carbocycles.